The monoisotopic (exact) mass is 610 g/mol. The molecule has 8 nitrogen and oxygen atoms in total. The summed E-state index contributed by atoms with van der Waals surface area (Å²) in [4.78, 5) is 26.2. The van der Waals surface area contributed by atoms with Crippen molar-refractivity contribution in [2.75, 3.05) is 30.7 Å². The molecule has 232 valence electrons. The molecule has 2 amide bonds. The standard InChI is InChI=1S/C30H41F3N4O4S/c1-20(2)18-35-29(39)27(17-30(31,32)33)34-19-25-14-22-11-7-10-21(12-22)8-5-6-9-23-13-24(28(38)36-25)16-26(15-23)37(3)42(4,40)41/h7,10-13,15-16,20,25,27,34H,5-6,8-9,14,17-19H2,1-4H3,(H,35,39)(H,36,38)/t25-,27?/m0/s1. The van der Waals surface area contributed by atoms with Gasteiger partial charge in [-0.25, -0.2) is 8.42 Å². The van der Waals surface area contributed by atoms with Crippen LogP contribution < -0.4 is 20.3 Å². The first-order valence-corrected chi connectivity index (χ1v) is 16.0. The number of nitrogens with one attached hydrogen (secondary N) is 3. The van der Waals surface area contributed by atoms with Crippen LogP contribution in [0.5, 0.6) is 0 Å². The number of rotatable bonds is 9. The lowest BCUT2D eigenvalue weighted by Gasteiger charge is -2.25. The van der Waals surface area contributed by atoms with E-state index in [0.29, 0.717) is 18.5 Å². The number of carbonyl (C=O) groups excluding carboxylic acids is 2. The Morgan fingerprint density at radius 3 is 2.38 bits per heavy atom. The highest BCUT2D eigenvalue weighted by molar-refractivity contribution is 7.92. The molecule has 3 rings (SSSR count). The first-order valence-electron chi connectivity index (χ1n) is 14.1. The van der Waals surface area contributed by atoms with Gasteiger partial charge in [-0.15, -0.1) is 0 Å². The number of halogens is 3. The molecule has 12 heteroatoms. The molecule has 2 atom stereocenters. The lowest BCUT2D eigenvalue weighted by molar-refractivity contribution is -0.149. The third-order valence-electron chi connectivity index (χ3n) is 7.14. The summed E-state index contributed by atoms with van der Waals surface area (Å²) in [6.07, 6.45) is -1.35. The highest BCUT2D eigenvalue weighted by Gasteiger charge is 2.35. The van der Waals surface area contributed by atoms with Gasteiger partial charge < -0.3 is 16.0 Å². The van der Waals surface area contributed by atoms with Crippen LogP contribution in [0.25, 0.3) is 0 Å². The van der Waals surface area contributed by atoms with E-state index < -0.39 is 46.5 Å². The van der Waals surface area contributed by atoms with Gasteiger partial charge in [-0.3, -0.25) is 13.9 Å². The van der Waals surface area contributed by atoms with Gasteiger partial charge in [0.05, 0.1) is 24.4 Å². The second kappa shape index (κ2) is 14.4. The molecule has 1 unspecified atom stereocenters. The Bertz CT molecular complexity index is 1350. The van der Waals surface area contributed by atoms with E-state index in [1.54, 1.807) is 12.1 Å². The third kappa shape index (κ3) is 10.6. The SMILES string of the molecule is CC(C)CNC(=O)C(CC(F)(F)F)NC[C@@H]1Cc2cccc(c2)CCCCc2cc(cc(N(C)S(C)(=O)=O)c2)C(=O)N1. The topological polar surface area (TPSA) is 108 Å². The van der Waals surface area contributed by atoms with Gasteiger partial charge in [0.2, 0.25) is 15.9 Å². The zero-order valence-corrected chi connectivity index (χ0v) is 25.4. The number of sulfonamides is 1. The number of hydrogen-bond donors (Lipinski definition) is 3. The molecule has 0 radical (unpaired) electrons. The van der Waals surface area contributed by atoms with Gasteiger partial charge in [0.15, 0.2) is 0 Å². The smallest absolute Gasteiger partial charge is 0.354 e. The van der Waals surface area contributed by atoms with Crippen molar-refractivity contribution in [2.45, 2.75) is 70.6 Å². The molecule has 0 spiro atoms. The maximum atomic E-state index is 13.5. The van der Waals surface area contributed by atoms with E-state index >= 15 is 0 Å². The van der Waals surface area contributed by atoms with E-state index in [4.69, 9.17) is 0 Å². The van der Waals surface area contributed by atoms with Crippen molar-refractivity contribution < 1.29 is 31.2 Å². The Labute approximate surface area is 246 Å². The van der Waals surface area contributed by atoms with Crippen molar-refractivity contribution in [3.63, 3.8) is 0 Å². The Morgan fingerprint density at radius 2 is 1.74 bits per heavy atom. The number of carbonyl (C=O) groups is 2. The predicted octanol–water partition coefficient (Wildman–Crippen LogP) is 3.99. The number of hydrogen-bond acceptors (Lipinski definition) is 5. The largest absolute Gasteiger partial charge is 0.391 e. The average Bonchev–Trinajstić information content (AvgIpc) is 2.89. The average molecular weight is 611 g/mol. The summed E-state index contributed by atoms with van der Waals surface area (Å²) in [7, 11) is -2.17. The minimum absolute atomic E-state index is 0.0639. The van der Waals surface area contributed by atoms with Crippen molar-refractivity contribution in [1.29, 1.82) is 0 Å². The van der Waals surface area contributed by atoms with Crippen LogP contribution in [-0.2, 0) is 34.1 Å². The van der Waals surface area contributed by atoms with Gasteiger partial charge in [-0.2, -0.15) is 13.2 Å². The van der Waals surface area contributed by atoms with Gasteiger partial charge >= 0.3 is 6.18 Å². The van der Waals surface area contributed by atoms with E-state index in [9.17, 15) is 31.2 Å². The highest BCUT2D eigenvalue weighted by Crippen LogP contribution is 2.24. The fourth-order valence-electron chi connectivity index (χ4n) is 4.82. The van der Waals surface area contributed by atoms with E-state index in [1.807, 2.05) is 38.1 Å². The van der Waals surface area contributed by atoms with Gasteiger partial charge in [-0.05, 0) is 72.9 Å². The fourth-order valence-corrected chi connectivity index (χ4v) is 5.31. The molecule has 0 saturated heterocycles. The van der Waals surface area contributed by atoms with E-state index in [2.05, 4.69) is 16.0 Å². The molecule has 1 aliphatic heterocycles. The summed E-state index contributed by atoms with van der Waals surface area (Å²) >= 11 is 0. The van der Waals surface area contributed by atoms with E-state index in [-0.39, 0.29) is 24.6 Å². The number of amides is 2. The van der Waals surface area contributed by atoms with Crippen LogP contribution in [0.3, 0.4) is 0 Å². The summed E-state index contributed by atoms with van der Waals surface area (Å²) in [5.74, 6) is -1.18. The van der Waals surface area contributed by atoms with Gasteiger partial charge in [-0.1, -0.05) is 38.1 Å². The molecule has 0 saturated carbocycles. The molecule has 0 fully saturated rings. The minimum Gasteiger partial charge on any atom is -0.354 e. The first-order chi connectivity index (χ1) is 19.6. The van der Waals surface area contributed by atoms with Crippen LogP contribution in [0, 0.1) is 5.92 Å². The number of nitrogens with zero attached hydrogens (tertiary/aromatic N) is 1. The quantitative estimate of drug-likeness (QED) is 0.398. The van der Waals surface area contributed by atoms with Gasteiger partial charge in [0.1, 0.15) is 0 Å². The van der Waals surface area contributed by atoms with Crippen LogP contribution in [-0.4, -0.2) is 64.9 Å². The van der Waals surface area contributed by atoms with Crippen molar-refractivity contribution in [3.8, 4) is 0 Å². The molecule has 42 heavy (non-hydrogen) atoms. The van der Waals surface area contributed by atoms with Crippen LogP contribution in [0.4, 0.5) is 18.9 Å². The number of benzene rings is 2. The summed E-state index contributed by atoms with van der Waals surface area (Å²) in [5, 5.41) is 8.24. The van der Waals surface area contributed by atoms with Gasteiger partial charge in [0.25, 0.3) is 5.91 Å². The second-order valence-electron chi connectivity index (χ2n) is 11.4. The molecule has 0 aliphatic carbocycles. The second-order valence-corrected chi connectivity index (χ2v) is 13.5. The molecule has 1 aliphatic rings. The summed E-state index contributed by atoms with van der Waals surface area (Å²) in [6, 6.07) is 10.6. The fraction of sp³-hybridized carbons (Fsp3) is 0.533. The van der Waals surface area contributed by atoms with Crippen LogP contribution in [0.2, 0.25) is 0 Å². The van der Waals surface area contributed by atoms with Crippen LogP contribution in [0.1, 0.15) is 60.2 Å². The molecular formula is C30H41F3N4O4S. The Kier molecular flexibility index (Phi) is 11.4. The minimum atomic E-state index is -4.57. The van der Waals surface area contributed by atoms with Gasteiger partial charge in [0, 0.05) is 31.7 Å². The Morgan fingerprint density at radius 1 is 1.07 bits per heavy atom. The number of aryl methyl sites for hydroxylation is 2. The maximum absolute atomic E-state index is 13.5. The maximum Gasteiger partial charge on any atom is 0.391 e. The summed E-state index contributed by atoms with van der Waals surface area (Å²) in [6.45, 7) is 3.84. The Balaban J connectivity index is 1.93. The van der Waals surface area contributed by atoms with Crippen molar-refractivity contribution in [2.24, 2.45) is 5.92 Å². The predicted molar refractivity (Wildman–Crippen MR) is 158 cm³/mol. The van der Waals surface area contributed by atoms with Crippen molar-refractivity contribution in [1.82, 2.24) is 16.0 Å². The van der Waals surface area contributed by atoms with Crippen molar-refractivity contribution in [3.05, 3.63) is 64.7 Å². The molecule has 2 aromatic carbocycles. The lowest BCUT2D eigenvalue weighted by Crippen LogP contribution is -2.52. The molecule has 4 bridgehead atoms. The summed E-state index contributed by atoms with van der Waals surface area (Å²) < 4.78 is 65.7. The van der Waals surface area contributed by atoms with E-state index in [1.165, 1.54) is 13.1 Å². The lowest BCUT2D eigenvalue weighted by atomic mass is 9.97. The third-order valence-corrected chi connectivity index (χ3v) is 8.34. The van der Waals surface area contributed by atoms with Crippen LogP contribution in [0.15, 0.2) is 42.5 Å². The van der Waals surface area contributed by atoms with Crippen molar-refractivity contribution >= 4 is 27.5 Å². The molecule has 3 N–H and O–H groups in total. The zero-order chi connectivity index (χ0) is 31.1. The normalized spacial score (nSPS) is 17.2. The highest BCUT2D eigenvalue weighted by atomic mass is 32.2. The molecule has 2 aromatic rings. The number of alkyl halides is 3. The van der Waals surface area contributed by atoms with E-state index in [0.717, 1.165) is 46.5 Å². The molecular weight excluding hydrogens is 569 g/mol. The van der Waals surface area contributed by atoms with Crippen LogP contribution >= 0.6 is 0 Å². The summed E-state index contributed by atoms with van der Waals surface area (Å²) in [5.41, 5.74) is 3.41. The Hall–Kier alpha value is -3.12. The molecule has 1 heterocycles. The molecule has 0 aromatic heterocycles. The number of anilines is 1. The zero-order valence-electron chi connectivity index (χ0n) is 24.6. The first kappa shape index (κ1) is 33.4. The number of fused-ring (bicyclic) bond motifs is 4.